The molecule has 1 aliphatic rings. The van der Waals surface area contributed by atoms with E-state index in [-0.39, 0.29) is 29.3 Å². The lowest BCUT2D eigenvalue weighted by molar-refractivity contribution is 0.0593. The molecule has 0 fully saturated rings. The first-order chi connectivity index (χ1) is 16.4. The molecule has 3 heterocycles. The van der Waals surface area contributed by atoms with Gasteiger partial charge in [-0.25, -0.2) is 9.18 Å². The summed E-state index contributed by atoms with van der Waals surface area (Å²) in [6.45, 7) is 4.64. The van der Waals surface area contributed by atoms with Crippen LogP contribution in [-0.4, -0.2) is 52.0 Å². The van der Waals surface area contributed by atoms with Crippen molar-refractivity contribution in [3.8, 4) is 5.75 Å². The van der Waals surface area contributed by atoms with E-state index in [9.17, 15) is 14.0 Å². The van der Waals surface area contributed by atoms with Crippen LogP contribution in [0.15, 0.2) is 41.3 Å². The number of carbonyl (C=O) groups is 1. The fourth-order valence-corrected chi connectivity index (χ4v) is 4.30. The Morgan fingerprint density at radius 2 is 1.97 bits per heavy atom. The number of benzene rings is 1. The molecule has 0 saturated carbocycles. The number of hydrogen-bond acceptors (Lipinski definition) is 6. The Morgan fingerprint density at radius 3 is 2.68 bits per heavy atom. The Hall–Kier alpha value is -3.46. The zero-order chi connectivity index (χ0) is 24.2. The smallest absolute Gasteiger partial charge is 0.343 e. The van der Waals surface area contributed by atoms with Gasteiger partial charge in [0.15, 0.2) is 0 Å². The second-order valence-electron chi connectivity index (χ2n) is 8.41. The number of esters is 1. The summed E-state index contributed by atoms with van der Waals surface area (Å²) in [5.74, 6) is -0.692. The van der Waals surface area contributed by atoms with E-state index in [1.165, 1.54) is 19.2 Å². The summed E-state index contributed by atoms with van der Waals surface area (Å²) < 4.78 is 28.3. The van der Waals surface area contributed by atoms with Crippen LogP contribution in [0.1, 0.15) is 32.9 Å². The normalized spacial score (nSPS) is 13.9. The zero-order valence-electron chi connectivity index (χ0n) is 19.7. The molecule has 0 spiro atoms. The molecule has 9 heteroatoms. The highest BCUT2D eigenvalue weighted by molar-refractivity contribution is 5.93. The maximum Gasteiger partial charge on any atom is 0.343 e. The molecule has 0 N–H and O–H groups in total. The molecule has 0 radical (unpaired) electrons. The molecule has 8 nitrogen and oxygen atoms in total. The van der Waals surface area contributed by atoms with Crippen LogP contribution in [-0.2, 0) is 37.7 Å². The van der Waals surface area contributed by atoms with Crippen molar-refractivity contribution >= 4 is 5.97 Å². The fourth-order valence-electron chi connectivity index (χ4n) is 4.30. The first-order valence-corrected chi connectivity index (χ1v) is 11.3. The molecule has 0 aliphatic carbocycles. The van der Waals surface area contributed by atoms with Crippen LogP contribution in [0.3, 0.4) is 0 Å². The van der Waals surface area contributed by atoms with Crippen LogP contribution in [0.2, 0.25) is 0 Å². The number of fused-ring (bicyclic) bond motifs is 1. The van der Waals surface area contributed by atoms with Gasteiger partial charge in [-0.3, -0.25) is 14.4 Å². The summed E-state index contributed by atoms with van der Waals surface area (Å²) in [6.07, 6.45) is 2.66. The van der Waals surface area contributed by atoms with Crippen molar-refractivity contribution in [3.63, 3.8) is 0 Å². The van der Waals surface area contributed by atoms with Gasteiger partial charge in [-0.2, -0.15) is 5.10 Å². The number of ether oxygens (including phenoxy) is 2. The standard InChI is InChI=1S/C25H29FN4O4/c1-17-19(15-27-28(17)2)16-29-10-8-21-24(25(32)33-3)22(14-23(31)30(21)12-11-29)34-13-9-18-6-4-5-7-20(18)26/h4-7,14-15H,8-13,16H2,1-3H3. The lowest BCUT2D eigenvalue weighted by atomic mass is 10.1. The van der Waals surface area contributed by atoms with E-state index in [1.54, 1.807) is 22.8 Å². The van der Waals surface area contributed by atoms with Gasteiger partial charge in [-0.15, -0.1) is 0 Å². The molecule has 0 bridgehead atoms. The highest BCUT2D eigenvalue weighted by Gasteiger charge is 2.26. The van der Waals surface area contributed by atoms with Gasteiger partial charge in [0.1, 0.15) is 17.1 Å². The number of pyridine rings is 1. The highest BCUT2D eigenvalue weighted by Crippen LogP contribution is 2.25. The molecule has 180 valence electrons. The Morgan fingerprint density at radius 1 is 1.18 bits per heavy atom. The van der Waals surface area contributed by atoms with E-state index in [0.29, 0.717) is 50.3 Å². The fraction of sp³-hybridized carbons (Fsp3) is 0.400. The van der Waals surface area contributed by atoms with Gasteiger partial charge in [0, 0.05) is 69.1 Å². The lowest BCUT2D eigenvalue weighted by Crippen LogP contribution is -2.29. The SMILES string of the molecule is COC(=O)c1c(OCCc2ccccc2F)cc(=O)n2c1CCN(Cc1cnn(C)c1C)CC2. The van der Waals surface area contributed by atoms with Crippen molar-refractivity contribution in [3.05, 3.63) is 80.8 Å². The van der Waals surface area contributed by atoms with Gasteiger partial charge in [-0.05, 0) is 18.6 Å². The average Bonchev–Trinajstić information content (AvgIpc) is 3.01. The minimum absolute atomic E-state index is 0.125. The molecule has 4 rings (SSSR count). The van der Waals surface area contributed by atoms with E-state index >= 15 is 0 Å². The molecular weight excluding hydrogens is 439 g/mol. The van der Waals surface area contributed by atoms with Crippen molar-refractivity contribution < 1.29 is 18.7 Å². The van der Waals surface area contributed by atoms with Crippen LogP contribution in [0.5, 0.6) is 5.75 Å². The number of aryl methyl sites for hydroxylation is 1. The first kappa shape index (κ1) is 23.7. The second-order valence-corrected chi connectivity index (χ2v) is 8.41. The molecule has 3 aromatic rings. The summed E-state index contributed by atoms with van der Waals surface area (Å²) in [5.41, 5.74) is 3.37. The largest absolute Gasteiger partial charge is 0.492 e. The van der Waals surface area contributed by atoms with Gasteiger partial charge in [-0.1, -0.05) is 18.2 Å². The van der Waals surface area contributed by atoms with Crippen molar-refractivity contribution in [1.82, 2.24) is 19.2 Å². The van der Waals surface area contributed by atoms with Crippen LogP contribution in [0.4, 0.5) is 4.39 Å². The summed E-state index contributed by atoms with van der Waals surface area (Å²) in [5, 5.41) is 4.31. The van der Waals surface area contributed by atoms with Crippen molar-refractivity contribution in [2.24, 2.45) is 7.05 Å². The van der Waals surface area contributed by atoms with E-state index in [1.807, 2.05) is 24.9 Å². The molecular formula is C25H29FN4O4. The van der Waals surface area contributed by atoms with Crippen molar-refractivity contribution in [1.29, 1.82) is 0 Å². The highest BCUT2D eigenvalue weighted by atomic mass is 19.1. The predicted octanol–water partition coefficient (Wildman–Crippen LogP) is 2.50. The van der Waals surface area contributed by atoms with E-state index < -0.39 is 5.97 Å². The van der Waals surface area contributed by atoms with E-state index in [0.717, 1.165) is 11.3 Å². The number of carbonyl (C=O) groups excluding carboxylic acids is 1. The van der Waals surface area contributed by atoms with Gasteiger partial charge in [0.25, 0.3) is 5.56 Å². The molecule has 2 aromatic heterocycles. The number of methoxy groups -OCH3 is 1. The van der Waals surface area contributed by atoms with Gasteiger partial charge < -0.3 is 14.0 Å². The average molecular weight is 469 g/mol. The number of halogens is 1. The molecule has 0 amide bonds. The first-order valence-electron chi connectivity index (χ1n) is 11.3. The number of nitrogens with zero attached hydrogens (tertiary/aromatic N) is 4. The maximum atomic E-state index is 13.9. The Kier molecular flexibility index (Phi) is 7.12. The van der Waals surface area contributed by atoms with E-state index in [2.05, 4.69) is 10.00 Å². The number of hydrogen-bond donors (Lipinski definition) is 0. The quantitative estimate of drug-likeness (QED) is 0.496. The molecule has 1 aromatic carbocycles. The molecule has 1 aliphatic heterocycles. The molecule has 0 unspecified atom stereocenters. The Balaban J connectivity index is 1.57. The summed E-state index contributed by atoms with van der Waals surface area (Å²) in [7, 11) is 3.22. The number of aromatic nitrogens is 3. The summed E-state index contributed by atoms with van der Waals surface area (Å²) in [6, 6.07) is 7.79. The molecule has 0 saturated heterocycles. The predicted molar refractivity (Wildman–Crippen MR) is 125 cm³/mol. The summed E-state index contributed by atoms with van der Waals surface area (Å²) >= 11 is 0. The minimum Gasteiger partial charge on any atom is -0.492 e. The monoisotopic (exact) mass is 468 g/mol. The third kappa shape index (κ3) is 4.89. The summed E-state index contributed by atoms with van der Waals surface area (Å²) in [4.78, 5) is 27.9. The minimum atomic E-state index is -0.554. The van der Waals surface area contributed by atoms with Crippen LogP contribution < -0.4 is 10.3 Å². The van der Waals surface area contributed by atoms with Gasteiger partial charge in [0.05, 0.1) is 19.9 Å². The van der Waals surface area contributed by atoms with Crippen LogP contribution in [0.25, 0.3) is 0 Å². The van der Waals surface area contributed by atoms with Crippen LogP contribution in [0, 0.1) is 12.7 Å². The van der Waals surface area contributed by atoms with E-state index in [4.69, 9.17) is 9.47 Å². The Bertz CT molecular complexity index is 1250. The maximum absolute atomic E-state index is 13.9. The Labute approximate surface area is 197 Å². The van der Waals surface area contributed by atoms with Crippen molar-refractivity contribution in [2.45, 2.75) is 32.9 Å². The third-order valence-corrected chi connectivity index (χ3v) is 6.39. The third-order valence-electron chi connectivity index (χ3n) is 6.39. The van der Waals surface area contributed by atoms with Crippen LogP contribution >= 0.6 is 0 Å². The molecule has 0 atom stereocenters. The zero-order valence-corrected chi connectivity index (χ0v) is 19.7. The topological polar surface area (TPSA) is 78.6 Å². The lowest BCUT2D eigenvalue weighted by Gasteiger charge is -2.19. The van der Waals surface area contributed by atoms with Gasteiger partial charge >= 0.3 is 5.97 Å². The number of rotatable bonds is 7. The second kappa shape index (κ2) is 10.2. The van der Waals surface area contributed by atoms with Gasteiger partial charge in [0.2, 0.25) is 0 Å². The molecule has 34 heavy (non-hydrogen) atoms. The van der Waals surface area contributed by atoms with Crippen molar-refractivity contribution in [2.75, 3.05) is 26.8 Å².